The highest BCUT2D eigenvalue weighted by Crippen LogP contribution is 2.35. The van der Waals surface area contributed by atoms with E-state index in [-0.39, 0.29) is 0 Å². The Balaban J connectivity index is 1.96. The highest BCUT2D eigenvalue weighted by atomic mass is 35.5. The first-order valence-electron chi connectivity index (χ1n) is 8.57. The Hall–Kier alpha value is -2.48. The zero-order valence-electron chi connectivity index (χ0n) is 15.3. The fourth-order valence-electron chi connectivity index (χ4n) is 2.62. The van der Waals surface area contributed by atoms with Gasteiger partial charge >= 0.3 is 0 Å². The van der Waals surface area contributed by atoms with Crippen molar-refractivity contribution in [2.75, 3.05) is 6.61 Å². The van der Waals surface area contributed by atoms with Gasteiger partial charge in [-0.25, -0.2) is 4.98 Å². The van der Waals surface area contributed by atoms with Crippen LogP contribution in [0.5, 0.6) is 5.75 Å². The molecule has 0 saturated carbocycles. The van der Waals surface area contributed by atoms with Crippen molar-refractivity contribution in [3.05, 3.63) is 57.3 Å². The molecule has 0 saturated heterocycles. The number of allylic oxidation sites excluding steroid dienone is 1. The van der Waals surface area contributed by atoms with E-state index < -0.39 is 0 Å². The van der Waals surface area contributed by atoms with E-state index in [1.54, 1.807) is 18.2 Å². The number of fused-ring (bicyclic) bond motifs is 1. The molecule has 27 heavy (non-hydrogen) atoms. The van der Waals surface area contributed by atoms with Crippen molar-refractivity contribution >= 4 is 45.9 Å². The van der Waals surface area contributed by atoms with Crippen LogP contribution in [0.2, 0.25) is 10.0 Å². The Morgan fingerprint density at radius 2 is 1.96 bits per heavy atom. The summed E-state index contributed by atoms with van der Waals surface area (Å²) in [4.78, 5) is 7.68. The number of nitrogens with one attached hydrogen (secondary N) is 1. The molecule has 1 heterocycles. The number of aromatic nitrogens is 2. The molecule has 2 aromatic carbocycles. The third kappa shape index (κ3) is 4.44. The second-order valence-corrected chi connectivity index (χ2v) is 7.61. The lowest BCUT2D eigenvalue weighted by Crippen LogP contribution is -2.05. The third-order valence-corrected chi connectivity index (χ3v) is 4.47. The number of benzene rings is 2. The van der Waals surface area contributed by atoms with E-state index in [1.807, 2.05) is 39.0 Å². The Kier molecular flexibility index (Phi) is 5.74. The predicted molar refractivity (Wildman–Crippen MR) is 111 cm³/mol. The van der Waals surface area contributed by atoms with Crippen molar-refractivity contribution in [2.24, 2.45) is 5.92 Å². The second-order valence-electron chi connectivity index (χ2n) is 6.79. The monoisotopic (exact) mass is 399 g/mol. The predicted octanol–water partition coefficient (Wildman–Crippen LogP) is 6.28. The maximum Gasteiger partial charge on any atom is 0.156 e. The van der Waals surface area contributed by atoms with Gasteiger partial charge in [0.15, 0.2) is 5.75 Å². The Morgan fingerprint density at radius 1 is 1.26 bits per heavy atom. The van der Waals surface area contributed by atoms with Crippen LogP contribution in [0, 0.1) is 24.2 Å². The largest absolute Gasteiger partial charge is 0.490 e. The van der Waals surface area contributed by atoms with Crippen molar-refractivity contribution in [3.63, 3.8) is 0 Å². The lowest BCUT2D eigenvalue weighted by Gasteiger charge is -2.12. The minimum Gasteiger partial charge on any atom is -0.490 e. The Morgan fingerprint density at radius 3 is 2.59 bits per heavy atom. The molecule has 0 aliphatic carbocycles. The molecule has 0 radical (unpaired) electrons. The topological polar surface area (TPSA) is 61.7 Å². The summed E-state index contributed by atoms with van der Waals surface area (Å²) in [6.45, 7) is 6.63. The molecule has 1 N–H and O–H groups in total. The smallest absolute Gasteiger partial charge is 0.156 e. The molecule has 0 unspecified atom stereocenters. The molecular weight excluding hydrogens is 381 g/mol. The first kappa shape index (κ1) is 19.3. The number of ether oxygens (including phenoxy) is 1. The van der Waals surface area contributed by atoms with E-state index in [1.165, 1.54) is 0 Å². The zero-order valence-corrected chi connectivity index (χ0v) is 16.8. The molecule has 0 amide bonds. The first-order chi connectivity index (χ1) is 12.9. The lowest BCUT2D eigenvalue weighted by molar-refractivity contribution is 0.271. The van der Waals surface area contributed by atoms with Crippen LogP contribution in [-0.4, -0.2) is 16.6 Å². The molecule has 0 aliphatic rings. The maximum absolute atomic E-state index is 9.59. The number of H-pyrrole nitrogens is 1. The molecule has 1 aromatic heterocycles. The molecule has 4 nitrogen and oxygen atoms in total. The van der Waals surface area contributed by atoms with Crippen LogP contribution in [0.1, 0.15) is 30.8 Å². The van der Waals surface area contributed by atoms with E-state index in [4.69, 9.17) is 27.9 Å². The minimum atomic E-state index is 0.360. The van der Waals surface area contributed by atoms with E-state index in [0.717, 1.165) is 16.6 Å². The number of imidazole rings is 1. The van der Waals surface area contributed by atoms with Gasteiger partial charge in [0, 0.05) is 0 Å². The van der Waals surface area contributed by atoms with Crippen LogP contribution >= 0.6 is 23.2 Å². The fraction of sp³-hybridized carbons (Fsp3) is 0.238. The van der Waals surface area contributed by atoms with Gasteiger partial charge < -0.3 is 9.72 Å². The van der Waals surface area contributed by atoms with Gasteiger partial charge in [-0.1, -0.05) is 43.1 Å². The van der Waals surface area contributed by atoms with Gasteiger partial charge in [-0.3, -0.25) is 0 Å². The molecule has 0 spiro atoms. The fourth-order valence-corrected chi connectivity index (χ4v) is 3.24. The number of hydrogen-bond acceptors (Lipinski definition) is 3. The average Bonchev–Trinajstić information content (AvgIpc) is 3.01. The van der Waals surface area contributed by atoms with E-state index in [0.29, 0.717) is 45.3 Å². The van der Waals surface area contributed by atoms with E-state index in [9.17, 15) is 5.26 Å². The van der Waals surface area contributed by atoms with Crippen molar-refractivity contribution in [1.82, 2.24) is 9.97 Å². The van der Waals surface area contributed by atoms with Crippen LogP contribution in [0.15, 0.2) is 30.3 Å². The molecule has 0 atom stereocenters. The molecule has 0 bridgehead atoms. The Bertz CT molecular complexity index is 1040. The highest BCUT2D eigenvalue weighted by Gasteiger charge is 2.12. The van der Waals surface area contributed by atoms with Crippen LogP contribution in [-0.2, 0) is 0 Å². The quantitative estimate of drug-likeness (QED) is 0.513. The maximum atomic E-state index is 9.59. The van der Waals surface area contributed by atoms with E-state index >= 15 is 0 Å². The summed E-state index contributed by atoms with van der Waals surface area (Å²) in [5, 5.41) is 10.4. The van der Waals surface area contributed by atoms with Gasteiger partial charge in [0.1, 0.15) is 11.9 Å². The number of nitrogens with zero attached hydrogens (tertiary/aromatic N) is 2. The summed E-state index contributed by atoms with van der Waals surface area (Å²) in [7, 11) is 0. The summed E-state index contributed by atoms with van der Waals surface area (Å²) in [5.74, 6) is 1.33. The van der Waals surface area contributed by atoms with Crippen molar-refractivity contribution < 1.29 is 4.74 Å². The van der Waals surface area contributed by atoms with Crippen molar-refractivity contribution in [3.8, 4) is 11.8 Å². The minimum absolute atomic E-state index is 0.360. The van der Waals surface area contributed by atoms with Gasteiger partial charge in [-0.2, -0.15) is 5.26 Å². The molecule has 0 fully saturated rings. The summed E-state index contributed by atoms with van der Waals surface area (Å²) >= 11 is 12.7. The molecule has 138 valence electrons. The van der Waals surface area contributed by atoms with Crippen LogP contribution in [0.25, 0.3) is 22.7 Å². The standard InChI is InChI=1S/C21H19Cl2N3O/c1-12(2)11-27-20-16(22)8-14(9-17(20)23)7-15(10-24)21-25-18-5-4-13(3)6-19(18)26-21/h4-9,12H,11H2,1-3H3,(H,25,26)/b15-7-. The summed E-state index contributed by atoms with van der Waals surface area (Å²) in [6, 6.07) is 11.5. The number of aromatic amines is 1. The van der Waals surface area contributed by atoms with Crippen molar-refractivity contribution in [2.45, 2.75) is 20.8 Å². The van der Waals surface area contributed by atoms with Gasteiger partial charge in [-0.05, 0) is 54.3 Å². The van der Waals surface area contributed by atoms with Crippen LogP contribution < -0.4 is 4.74 Å². The lowest BCUT2D eigenvalue weighted by atomic mass is 10.1. The molecule has 0 aliphatic heterocycles. The number of hydrogen-bond donors (Lipinski definition) is 1. The summed E-state index contributed by atoms with van der Waals surface area (Å²) < 4.78 is 5.68. The average molecular weight is 400 g/mol. The molecule has 3 aromatic rings. The Labute approximate surface area is 168 Å². The second kappa shape index (κ2) is 8.04. The zero-order chi connectivity index (χ0) is 19.6. The number of halogens is 2. The molecule has 3 rings (SSSR count). The highest BCUT2D eigenvalue weighted by molar-refractivity contribution is 6.37. The number of aryl methyl sites for hydroxylation is 1. The molecular formula is C21H19Cl2N3O. The van der Waals surface area contributed by atoms with Crippen molar-refractivity contribution in [1.29, 1.82) is 5.26 Å². The SMILES string of the molecule is Cc1ccc2nc(/C(C#N)=C\c3cc(Cl)c(OCC(C)C)c(Cl)c3)[nH]c2c1. The van der Waals surface area contributed by atoms with Crippen LogP contribution in [0.4, 0.5) is 0 Å². The number of nitriles is 1. The first-order valence-corrected chi connectivity index (χ1v) is 9.33. The third-order valence-electron chi connectivity index (χ3n) is 3.91. The van der Waals surface area contributed by atoms with Crippen LogP contribution in [0.3, 0.4) is 0 Å². The summed E-state index contributed by atoms with van der Waals surface area (Å²) in [6.07, 6.45) is 1.70. The number of rotatable bonds is 5. The van der Waals surface area contributed by atoms with E-state index in [2.05, 4.69) is 16.0 Å². The summed E-state index contributed by atoms with van der Waals surface area (Å²) in [5.41, 5.74) is 3.92. The van der Waals surface area contributed by atoms with Gasteiger partial charge in [0.2, 0.25) is 0 Å². The normalized spacial score (nSPS) is 11.8. The van der Waals surface area contributed by atoms with Gasteiger partial charge in [0.25, 0.3) is 0 Å². The molecule has 6 heteroatoms. The van der Waals surface area contributed by atoms with Gasteiger partial charge in [-0.15, -0.1) is 0 Å². The van der Waals surface area contributed by atoms with Gasteiger partial charge in [0.05, 0.1) is 33.3 Å².